The molecule has 0 heterocycles. The molecule has 0 aliphatic carbocycles. The number of hydrogen-bond acceptors (Lipinski definition) is 2. The second-order valence-corrected chi connectivity index (χ2v) is 4.03. The predicted octanol–water partition coefficient (Wildman–Crippen LogP) is 2.01. The van der Waals surface area contributed by atoms with E-state index in [0.717, 1.165) is 19.4 Å². The Morgan fingerprint density at radius 3 is 2.00 bits per heavy atom. The highest BCUT2D eigenvalue weighted by molar-refractivity contribution is 5.27. The average Bonchev–Trinajstić information content (AvgIpc) is 2.16. The molecule has 0 aromatic heterocycles. The third kappa shape index (κ3) is 2.33. The fourth-order valence-electron chi connectivity index (χ4n) is 1.20. The van der Waals surface area contributed by atoms with Gasteiger partial charge in [0.15, 0.2) is 0 Å². The molecule has 0 amide bonds. The first-order valence-electron chi connectivity index (χ1n) is 4.68. The molecule has 1 aromatic carbocycles. The number of hydrogen-bond donors (Lipinski definition) is 2. The van der Waals surface area contributed by atoms with Crippen molar-refractivity contribution in [3.63, 3.8) is 0 Å². The first-order valence-corrected chi connectivity index (χ1v) is 4.68. The van der Waals surface area contributed by atoms with Crippen LogP contribution in [0.4, 0.5) is 8.78 Å². The zero-order valence-electron chi connectivity index (χ0n) is 8.80. The average molecular weight is 215 g/mol. The topological polar surface area (TPSA) is 46.2 Å². The zero-order chi connectivity index (χ0) is 11.7. The number of alkyl halides is 2. The number of halogens is 2. The van der Waals surface area contributed by atoms with E-state index in [1.54, 1.807) is 0 Å². The molecule has 1 aromatic rings. The second-order valence-electron chi connectivity index (χ2n) is 4.03. The SMILES string of the molecule is CC(C)(O)C(F)(F)c1ccc(CN)cc1. The molecule has 0 saturated heterocycles. The molecule has 0 atom stereocenters. The van der Waals surface area contributed by atoms with Crippen molar-refractivity contribution in [1.29, 1.82) is 0 Å². The fraction of sp³-hybridized carbons (Fsp3) is 0.455. The number of rotatable bonds is 3. The standard InChI is InChI=1S/C11H15F2NO/c1-10(2,15)11(12,13)9-5-3-8(7-14)4-6-9/h3-6,15H,7,14H2,1-2H3. The maximum absolute atomic E-state index is 13.6. The van der Waals surface area contributed by atoms with E-state index in [-0.39, 0.29) is 5.56 Å². The van der Waals surface area contributed by atoms with Gasteiger partial charge in [-0.05, 0) is 19.4 Å². The van der Waals surface area contributed by atoms with Crippen LogP contribution in [0, 0.1) is 0 Å². The van der Waals surface area contributed by atoms with Gasteiger partial charge < -0.3 is 10.8 Å². The summed E-state index contributed by atoms with van der Waals surface area (Å²) in [5, 5.41) is 9.35. The van der Waals surface area contributed by atoms with Crippen molar-refractivity contribution in [2.24, 2.45) is 5.73 Å². The largest absolute Gasteiger partial charge is 0.384 e. The van der Waals surface area contributed by atoms with Gasteiger partial charge >= 0.3 is 5.92 Å². The highest BCUT2D eigenvalue weighted by Crippen LogP contribution is 2.38. The van der Waals surface area contributed by atoms with E-state index in [9.17, 15) is 13.9 Å². The van der Waals surface area contributed by atoms with Crippen LogP contribution in [0.25, 0.3) is 0 Å². The van der Waals surface area contributed by atoms with Gasteiger partial charge in [0.2, 0.25) is 0 Å². The molecule has 0 aliphatic heterocycles. The van der Waals surface area contributed by atoms with Gasteiger partial charge in [-0.2, -0.15) is 8.78 Å². The van der Waals surface area contributed by atoms with Gasteiger partial charge in [-0.1, -0.05) is 24.3 Å². The minimum atomic E-state index is -3.26. The van der Waals surface area contributed by atoms with E-state index in [2.05, 4.69) is 0 Å². The molecule has 0 fully saturated rings. The molecule has 0 bridgehead atoms. The summed E-state index contributed by atoms with van der Waals surface area (Å²) in [7, 11) is 0. The number of aliphatic hydroxyl groups is 1. The molecule has 2 nitrogen and oxygen atoms in total. The molecule has 1 rings (SSSR count). The summed E-state index contributed by atoms with van der Waals surface area (Å²) >= 11 is 0. The molecule has 0 saturated carbocycles. The van der Waals surface area contributed by atoms with Gasteiger partial charge in [0.1, 0.15) is 5.60 Å². The molecular formula is C11H15F2NO. The molecule has 0 spiro atoms. The molecule has 15 heavy (non-hydrogen) atoms. The normalized spacial score (nSPS) is 12.9. The lowest BCUT2D eigenvalue weighted by molar-refractivity contribution is -0.168. The second kappa shape index (κ2) is 3.87. The predicted molar refractivity (Wildman–Crippen MR) is 54.5 cm³/mol. The smallest absolute Gasteiger partial charge is 0.300 e. The highest BCUT2D eigenvalue weighted by Gasteiger charge is 2.46. The van der Waals surface area contributed by atoms with Crippen LogP contribution >= 0.6 is 0 Å². The van der Waals surface area contributed by atoms with Gasteiger partial charge in [-0.25, -0.2) is 0 Å². The quantitative estimate of drug-likeness (QED) is 0.810. The molecule has 0 radical (unpaired) electrons. The summed E-state index contributed by atoms with van der Waals surface area (Å²) < 4.78 is 27.2. The van der Waals surface area contributed by atoms with Gasteiger partial charge in [0.05, 0.1) is 0 Å². The molecule has 0 aliphatic rings. The number of nitrogens with two attached hydrogens (primary N) is 1. The highest BCUT2D eigenvalue weighted by atomic mass is 19.3. The maximum Gasteiger partial charge on any atom is 0.300 e. The van der Waals surface area contributed by atoms with Gasteiger partial charge in [0.25, 0.3) is 0 Å². The van der Waals surface area contributed by atoms with Crippen molar-refractivity contribution in [3.8, 4) is 0 Å². The van der Waals surface area contributed by atoms with Crippen molar-refractivity contribution in [1.82, 2.24) is 0 Å². The van der Waals surface area contributed by atoms with Crippen molar-refractivity contribution in [2.75, 3.05) is 0 Å². The summed E-state index contributed by atoms with van der Waals surface area (Å²) in [6.07, 6.45) is 0. The first-order chi connectivity index (χ1) is 6.79. The van der Waals surface area contributed by atoms with Gasteiger partial charge in [-0.15, -0.1) is 0 Å². The lowest BCUT2D eigenvalue weighted by Gasteiger charge is -2.29. The minimum Gasteiger partial charge on any atom is -0.384 e. The molecule has 4 heteroatoms. The summed E-state index contributed by atoms with van der Waals surface area (Å²) in [5.41, 5.74) is 3.87. The van der Waals surface area contributed by atoms with Crippen molar-refractivity contribution >= 4 is 0 Å². The molecule has 3 N–H and O–H groups in total. The Morgan fingerprint density at radius 1 is 1.20 bits per heavy atom. The van der Waals surface area contributed by atoms with Crippen LogP contribution in [-0.2, 0) is 12.5 Å². The van der Waals surface area contributed by atoms with Crippen LogP contribution in [-0.4, -0.2) is 10.7 Å². The maximum atomic E-state index is 13.6. The molecule has 0 unspecified atom stereocenters. The van der Waals surface area contributed by atoms with E-state index >= 15 is 0 Å². The van der Waals surface area contributed by atoms with Crippen LogP contribution in [0.1, 0.15) is 25.0 Å². The summed E-state index contributed by atoms with van der Waals surface area (Å²) in [4.78, 5) is 0. The summed E-state index contributed by atoms with van der Waals surface area (Å²) in [6.45, 7) is 2.49. The Labute approximate surface area is 87.7 Å². The Kier molecular flexibility index (Phi) is 3.11. The summed E-state index contributed by atoms with van der Waals surface area (Å²) in [5.74, 6) is -3.26. The van der Waals surface area contributed by atoms with Crippen molar-refractivity contribution in [2.45, 2.75) is 31.9 Å². The van der Waals surface area contributed by atoms with E-state index < -0.39 is 11.5 Å². The fourth-order valence-corrected chi connectivity index (χ4v) is 1.20. The minimum absolute atomic E-state index is 0.202. The van der Waals surface area contributed by atoms with Gasteiger partial charge in [-0.3, -0.25) is 0 Å². The van der Waals surface area contributed by atoms with Crippen LogP contribution < -0.4 is 5.73 Å². The van der Waals surface area contributed by atoms with E-state index in [0.29, 0.717) is 6.54 Å². The lowest BCUT2D eigenvalue weighted by atomic mass is 9.93. The zero-order valence-corrected chi connectivity index (χ0v) is 8.80. The van der Waals surface area contributed by atoms with E-state index in [4.69, 9.17) is 5.73 Å². The first kappa shape index (κ1) is 12.1. The van der Waals surface area contributed by atoms with Crippen LogP contribution in [0.5, 0.6) is 0 Å². The van der Waals surface area contributed by atoms with Crippen LogP contribution in [0.2, 0.25) is 0 Å². The van der Waals surface area contributed by atoms with E-state index in [1.165, 1.54) is 24.3 Å². The molecular weight excluding hydrogens is 200 g/mol. The van der Waals surface area contributed by atoms with Crippen LogP contribution in [0.3, 0.4) is 0 Å². The molecule has 84 valence electrons. The Bertz CT molecular complexity index is 327. The van der Waals surface area contributed by atoms with Crippen LogP contribution in [0.15, 0.2) is 24.3 Å². The number of benzene rings is 1. The summed E-state index contributed by atoms with van der Waals surface area (Å²) in [6, 6.07) is 5.66. The lowest BCUT2D eigenvalue weighted by Crippen LogP contribution is -2.40. The van der Waals surface area contributed by atoms with Crippen molar-refractivity contribution < 1.29 is 13.9 Å². The van der Waals surface area contributed by atoms with Gasteiger partial charge in [0, 0.05) is 12.1 Å². The Morgan fingerprint density at radius 2 is 1.67 bits per heavy atom. The van der Waals surface area contributed by atoms with Crippen molar-refractivity contribution in [3.05, 3.63) is 35.4 Å². The van der Waals surface area contributed by atoms with E-state index in [1.807, 2.05) is 0 Å². The Balaban J connectivity index is 3.06. The third-order valence-electron chi connectivity index (χ3n) is 2.32. The Hall–Kier alpha value is -1.00. The third-order valence-corrected chi connectivity index (χ3v) is 2.32. The monoisotopic (exact) mass is 215 g/mol.